The van der Waals surface area contributed by atoms with E-state index in [4.69, 9.17) is 13.6 Å². The van der Waals surface area contributed by atoms with Gasteiger partial charge in [-0.15, -0.1) is 0 Å². The number of ether oxygens (including phenoxy) is 1. The third-order valence-electron chi connectivity index (χ3n) is 10.9. The van der Waals surface area contributed by atoms with Crippen LogP contribution in [0.15, 0.2) is 24.8 Å². The van der Waals surface area contributed by atoms with Gasteiger partial charge in [0.1, 0.15) is 12.4 Å². The molecule has 0 radical (unpaired) electrons. The molecule has 3 aliphatic rings. The van der Waals surface area contributed by atoms with Gasteiger partial charge in [-0.05, 0) is 78.0 Å². The highest BCUT2D eigenvalue weighted by Crippen LogP contribution is 2.57. The minimum atomic E-state index is -2.40. The molecule has 2 amide bonds. The highest BCUT2D eigenvalue weighted by atomic mass is 28.4. The second kappa shape index (κ2) is 11.7. The van der Waals surface area contributed by atoms with Gasteiger partial charge in [0.15, 0.2) is 14.5 Å². The second-order valence-electron chi connectivity index (χ2n) is 15.8. The van der Waals surface area contributed by atoms with Crippen molar-refractivity contribution in [2.24, 2.45) is 5.41 Å². The molecule has 2 aliphatic heterocycles. The first-order valence-electron chi connectivity index (χ1n) is 16.2. The molecule has 1 saturated heterocycles. The second-order valence-corrected chi connectivity index (χ2v) is 25.9. The molecule has 1 spiro atoms. The lowest BCUT2D eigenvalue weighted by atomic mass is 10.0. The molecule has 2 heterocycles. The van der Waals surface area contributed by atoms with E-state index in [0.717, 1.165) is 30.6 Å². The molecule has 1 aromatic rings. The molecule has 43 heavy (non-hydrogen) atoms. The molecular formula is C34H56N2O5Si2. The van der Waals surface area contributed by atoms with Crippen LogP contribution in [0, 0.1) is 12.3 Å². The lowest BCUT2D eigenvalue weighted by Crippen LogP contribution is -2.58. The summed E-state index contributed by atoms with van der Waals surface area (Å²) in [4.78, 5) is 32.2. The maximum atomic E-state index is 14.5. The van der Waals surface area contributed by atoms with Crippen molar-refractivity contribution in [1.29, 1.82) is 0 Å². The van der Waals surface area contributed by atoms with Crippen LogP contribution in [-0.4, -0.2) is 59.0 Å². The fourth-order valence-corrected chi connectivity index (χ4v) is 13.8. The maximum Gasteiger partial charge on any atom is 0.416 e. The van der Waals surface area contributed by atoms with Gasteiger partial charge in [0, 0.05) is 12.6 Å². The molecule has 2 atom stereocenters. The number of anilines is 1. The van der Waals surface area contributed by atoms with E-state index < -0.39 is 29.0 Å². The lowest BCUT2D eigenvalue weighted by molar-refractivity contribution is 0.0528. The highest BCUT2D eigenvalue weighted by molar-refractivity contribution is 6.78. The predicted molar refractivity (Wildman–Crippen MR) is 180 cm³/mol. The van der Waals surface area contributed by atoms with Crippen LogP contribution in [0.2, 0.25) is 34.8 Å². The van der Waals surface area contributed by atoms with E-state index in [0.29, 0.717) is 34.4 Å². The Morgan fingerprint density at radius 2 is 1.67 bits per heavy atom. The lowest BCUT2D eigenvalue weighted by Gasteiger charge is -2.44. The minimum absolute atomic E-state index is 0.0404. The summed E-state index contributed by atoms with van der Waals surface area (Å²) in [5, 5.41) is -0.0952. The SMILES string of the molecule is C=CCOC(=O)N1c2cc(O[Si](C(C)C)(C(C)C)C(C)C)c(C)cc2C(=O)N2CC3(CC3)C[C@H]2C1O[Si](C)(C)C(C)(C)C. The summed E-state index contributed by atoms with van der Waals surface area (Å²) in [7, 11) is -4.73. The van der Waals surface area contributed by atoms with Crippen LogP contribution < -0.4 is 9.33 Å². The average molecular weight is 629 g/mol. The first-order chi connectivity index (χ1) is 19.8. The van der Waals surface area contributed by atoms with Gasteiger partial charge in [-0.1, -0.05) is 75.0 Å². The van der Waals surface area contributed by atoms with Crippen LogP contribution in [0.5, 0.6) is 5.75 Å². The topological polar surface area (TPSA) is 68.3 Å². The third kappa shape index (κ3) is 5.98. The van der Waals surface area contributed by atoms with E-state index >= 15 is 0 Å². The summed E-state index contributed by atoms with van der Waals surface area (Å²) in [6.07, 6.45) is 3.42. The molecule has 2 fully saturated rings. The summed E-state index contributed by atoms with van der Waals surface area (Å²) < 4.78 is 20.1. The molecule has 1 aliphatic carbocycles. The Kier molecular flexibility index (Phi) is 9.17. The molecule has 0 aromatic heterocycles. The normalized spacial score (nSPS) is 21.8. The first-order valence-corrected chi connectivity index (χ1v) is 21.3. The van der Waals surface area contributed by atoms with E-state index in [9.17, 15) is 9.59 Å². The average Bonchev–Trinajstić information content (AvgIpc) is 3.55. The van der Waals surface area contributed by atoms with Gasteiger partial charge < -0.3 is 18.5 Å². The molecular weight excluding hydrogens is 573 g/mol. The van der Waals surface area contributed by atoms with E-state index in [1.807, 2.05) is 24.0 Å². The van der Waals surface area contributed by atoms with Gasteiger partial charge in [-0.2, -0.15) is 0 Å². The van der Waals surface area contributed by atoms with Crippen molar-refractivity contribution in [1.82, 2.24) is 4.90 Å². The van der Waals surface area contributed by atoms with Crippen molar-refractivity contribution < 1.29 is 23.2 Å². The van der Waals surface area contributed by atoms with Crippen molar-refractivity contribution >= 4 is 34.3 Å². The summed E-state index contributed by atoms with van der Waals surface area (Å²) in [5.74, 6) is 0.698. The van der Waals surface area contributed by atoms with Crippen molar-refractivity contribution in [3.8, 4) is 5.75 Å². The van der Waals surface area contributed by atoms with Crippen LogP contribution in [0.4, 0.5) is 10.5 Å². The Labute approximate surface area is 262 Å². The molecule has 240 valence electrons. The number of benzene rings is 1. The number of rotatable bonds is 9. The van der Waals surface area contributed by atoms with Crippen LogP contribution in [0.25, 0.3) is 0 Å². The van der Waals surface area contributed by atoms with Crippen LogP contribution >= 0.6 is 0 Å². The van der Waals surface area contributed by atoms with Gasteiger partial charge in [-0.3, -0.25) is 4.79 Å². The Balaban J connectivity index is 1.95. The van der Waals surface area contributed by atoms with E-state index in [1.165, 1.54) is 0 Å². The number of hydrogen-bond donors (Lipinski definition) is 0. The number of aryl methyl sites for hydroxylation is 1. The Morgan fingerprint density at radius 3 is 2.16 bits per heavy atom. The number of carbonyl (C=O) groups excluding carboxylic acids is 2. The highest BCUT2D eigenvalue weighted by Gasteiger charge is 2.59. The predicted octanol–water partition coefficient (Wildman–Crippen LogP) is 9.03. The smallest absolute Gasteiger partial charge is 0.416 e. The molecule has 0 bridgehead atoms. The van der Waals surface area contributed by atoms with Crippen molar-refractivity contribution in [3.63, 3.8) is 0 Å². The number of amides is 2. The standard InChI is InChI=1S/C34H56N2O5Si2/c1-14-17-39-32(38)36-27-19-29(40-43(22(2)3,23(4)5)24(6)7)25(8)18-26(27)30(37)35-21-34(15-16-34)20-28(35)31(36)41-42(12,13)33(9,10)11/h14,18-19,22-24,28,31H,1,15-17,20-21H2,2-13H3/t28-,31?/m0/s1. The number of hydrogen-bond acceptors (Lipinski definition) is 5. The molecule has 1 aromatic carbocycles. The molecule has 9 heteroatoms. The Hall–Kier alpha value is -2.11. The molecule has 0 N–H and O–H groups in total. The Bertz CT molecular complexity index is 1230. The number of carbonyl (C=O) groups is 2. The molecule has 4 rings (SSSR count). The van der Waals surface area contributed by atoms with Gasteiger partial charge in [-0.25, -0.2) is 9.69 Å². The van der Waals surface area contributed by atoms with Gasteiger partial charge in [0.25, 0.3) is 14.2 Å². The molecule has 1 unspecified atom stereocenters. The summed E-state index contributed by atoms with van der Waals surface area (Å²) in [5.41, 5.74) is 3.17. The quantitative estimate of drug-likeness (QED) is 0.202. The van der Waals surface area contributed by atoms with Gasteiger partial charge in [0.2, 0.25) is 0 Å². The molecule has 1 saturated carbocycles. The zero-order valence-electron chi connectivity index (χ0n) is 28.8. The summed E-state index contributed by atoms with van der Waals surface area (Å²) in [6.45, 7) is 31.1. The van der Waals surface area contributed by atoms with Gasteiger partial charge >= 0.3 is 6.09 Å². The van der Waals surface area contributed by atoms with Crippen molar-refractivity contribution in [2.45, 2.75) is 136 Å². The van der Waals surface area contributed by atoms with E-state index in [1.54, 1.807) is 11.0 Å². The Morgan fingerprint density at radius 1 is 1.09 bits per heavy atom. The summed E-state index contributed by atoms with van der Waals surface area (Å²) in [6, 6.07) is 3.61. The minimum Gasteiger partial charge on any atom is -0.542 e. The van der Waals surface area contributed by atoms with Crippen molar-refractivity contribution in [2.75, 3.05) is 18.1 Å². The fourth-order valence-electron chi connectivity index (χ4n) is 7.29. The fraction of sp³-hybridized carbons (Fsp3) is 0.706. The molecule has 7 nitrogen and oxygen atoms in total. The largest absolute Gasteiger partial charge is 0.542 e. The van der Waals surface area contributed by atoms with Crippen LogP contribution in [-0.2, 0) is 9.16 Å². The summed E-state index contributed by atoms with van der Waals surface area (Å²) >= 11 is 0. The van der Waals surface area contributed by atoms with Gasteiger partial charge in [0.05, 0.1) is 17.3 Å². The van der Waals surface area contributed by atoms with Crippen LogP contribution in [0.1, 0.15) is 97.5 Å². The first kappa shape index (κ1) is 33.8. The number of fused-ring (bicyclic) bond motifs is 2. The zero-order valence-corrected chi connectivity index (χ0v) is 30.8. The van der Waals surface area contributed by atoms with E-state index in [-0.39, 0.29) is 29.0 Å². The third-order valence-corrected chi connectivity index (χ3v) is 21.3. The van der Waals surface area contributed by atoms with Crippen LogP contribution in [0.3, 0.4) is 0 Å². The van der Waals surface area contributed by atoms with E-state index in [2.05, 4.69) is 82.0 Å². The zero-order chi connectivity index (χ0) is 32.3. The maximum absolute atomic E-state index is 14.5. The van der Waals surface area contributed by atoms with Crippen molar-refractivity contribution in [3.05, 3.63) is 35.9 Å². The monoisotopic (exact) mass is 628 g/mol. The number of nitrogens with zero attached hydrogens (tertiary/aromatic N) is 2.